The minimum Gasteiger partial charge on any atom is -0.435 e. The predicted octanol–water partition coefficient (Wildman–Crippen LogP) is 5.13. The Balaban J connectivity index is 1.65. The standard InChI is InChI=1S/C19H23F2N3O/c1-2-13-3-7-15(8-4-13)23-19-22-12-11-17(24-19)14-5-9-16(10-6-14)25-18(20)21/h5-6,9-13,15,18H,2-4,7-8H2,1H3,(H,22,23,24). The van der Waals surface area contributed by atoms with Gasteiger partial charge < -0.3 is 10.1 Å². The summed E-state index contributed by atoms with van der Waals surface area (Å²) in [6, 6.07) is 8.69. The van der Waals surface area contributed by atoms with Gasteiger partial charge in [0, 0.05) is 17.8 Å². The summed E-state index contributed by atoms with van der Waals surface area (Å²) < 4.78 is 28.8. The molecule has 0 amide bonds. The Morgan fingerprint density at radius 2 is 1.84 bits per heavy atom. The fourth-order valence-electron chi connectivity index (χ4n) is 3.29. The molecule has 1 fully saturated rings. The number of alkyl halides is 2. The first-order valence-electron chi connectivity index (χ1n) is 8.79. The van der Waals surface area contributed by atoms with Gasteiger partial charge in [-0.15, -0.1) is 0 Å². The number of hydrogen-bond acceptors (Lipinski definition) is 4. The molecule has 0 radical (unpaired) electrons. The lowest BCUT2D eigenvalue weighted by atomic mass is 9.85. The lowest BCUT2D eigenvalue weighted by Gasteiger charge is -2.28. The maximum atomic E-state index is 12.2. The van der Waals surface area contributed by atoms with Crippen molar-refractivity contribution in [2.45, 2.75) is 51.7 Å². The van der Waals surface area contributed by atoms with Crippen molar-refractivity contribution in [1.29, 1.82) is 0 Å². The predicted molar refractivity (Wildman–Crippen MR) is 93.8 cm³/mol. The summed E-state index contributed by atoms with van der Waals surface area (Å²) in [7, 11) is 0. The zero-order valence-electron chi connectivity index (χ0n) is 14.3. The van der Waals surface area contributed by atoms with Crippen molar-refractivity contribution in [2.75, 3.05) is 5.32 Å². The van der Waals surface area contributed by atoms with Crippen LogP contribution in [0.4, 0.5) is 14.7 Å². The number of anilines is 1. The maximum absolute atomic E-state index is 12.2. The van der Waals surface area contributed by atoms with Gasteiger partial charge in [-0.25, -0.2) is 9.97 Å². The van der Waals surface area contributed by atoms with Crippen molar-refractivity contribution in [1.82, 2.24) is 9.97 Å². The van der Waals surface area contributed by atoms with Gasteiger partial charge in [-0.05, 0) is 61.9 Å². The SMILES string of the molecule is CCC1CCC(Nc2nccc(-c3ccc(OC(F)F)cc3)n2)CC1. The molecule has 0 bridgehead atoms. The van der Waals surface area contributed by atoms with Crippen LogP contribution in [0.15, 0.2) is 36.5 Å². The van der Waals surface area contributed by atoms with Crippen LogP contribution in [0.3, 0.4) is 0 Å². The molecule has 1 aromatic heterocycles. The number of nitrogens with one attached hydrogen (secondary N) is 1. The third kappa shape index (κ3) is 4.87. The van der Waals surface area contributed by atoms with Crippen molar-refractivity contribution in [2.24, 2.45) is 5.92 Å². The highest BCUT2D eigenvalue weighted by Gasteiger charge is 2.20. The number of hydrogen-bond donors (Lipinski definition) is 1. The molecule has 4 nitrogen and oxygen atoms in total. The Hall–Kier alpha value is -2.24. The van der Waals surface area contributed by atoms with E-state index in [1.807, 2.05) is 6.07 Å². The highest BCUT2D eigenvalue weighted by atomic mass is 19.3. The van der Waals surface area contributed by atoms with E-state index in [9.17, 15) is 8.78 Å². The second-order valence-corrected chi connectivity index (χ2v) is 6.44. The van der Waals surface area contributed by atoms with E-state index >= 15 is 0 Å². The van der Waals surface area contributed by atoms with E-state index in [0.717, 1.165) is 30.0 Å². The quantitative estimate of drug-likeness (QED) is 0.787. The van der Waals surface area contributed by atoms with E-state index in [2.05, 4.69) is 26.9 Å². The van der Waals surface area contributed by atoms with Crippen LogP contribution in [0.1, 0.15) is 39.0 Å². The molecule has 1 N–H and O–H groups in total. The van der Waals surface area contributed by atoms with E-state index in [1.165, 1.54) is 31.4 Å². The lowest BCUT2D eigenvalue weighted by molar-refractivity contribution is -0.0498. The summed E-state index contributed by atoms with van der Waals surface area (Å²) in [5, 5.41) is 3.43. The van der Waals surface area contributed by atoms with Crippen LogP contribution in [0.25, 0.3) is 11.3 Å². The van der Waals surface area contributed by atoms with Crippen molar-refractivity contribution in [3.8, 4) is 17.0 Å². The molecule has 3 rings (SSSR count). The van der Waals surface area contributed by atoms with Crippen LogP contribution in [0, 0.1) is 5.92 Å². The zero-order valence-corrected chi connectivity index (χ0v) is 14.3. The van der Waals surface area contributed by atoms with Gasteiger partial charge >= 0.3 is 6.61 Å². The normalized spacial score (nSPS) is 20.5. The van der Waals surface area contributed by atoms with Crippen LogP contribution in [-0.4, -0.2) is 22.6 Å². The molecule has 0 saturated heterocycles. The first-order valence-corrected chi connectivity index (χ1v) is 8.79. The second kappa shape index (κ2) is 8.23. The van der Waals surface area contributed by atoms with Crippen LogP contribution in [0.2, 0.25) is 0 Å². The first-order chi connectivity index (χ1) is 12.1. The van der Waals surface area contributed by atoms with E-state index in [0.29, 0.717) is 12.0 Å². The van der Waals surface area contributed by atoms with Crippen LogP contribution >= 0.6 is 0 Å². The van der Waals surface area contributed by atoms with Gasteiger partial charge in [0.05, 0.1) is 5.69 Å². The number of nitrogens with zero attached hydrogens (tertiary/aromatic N) is 2. The summed E-state index contributed by atoms with van der Waals surface area (Å²) in [5.74, 6) is 1.60. The fraction of sp³-hybridized carbons (Fsp3) is 0.474. The zero-order chi connectivity index (χ0) is 17.6. The van der Waals surface area contributed by atoms with E-state index in [4.69, 9.17) is 0 Å². The highest BCUT2D eigenvalue weighted by Crippen LogP contribution is 2.28. The van der Waals surface area contributed by atoms with Crippen molar-refractivity contribution >= 4 is 5.95 Å². The van der Waals surface area contributed by atoms with Gasteiger partial charge in [0.25, 0.3) is 0 Å². The molecule has 0 aliphatic heterocycles. The molecule has 1 aliphatic carbocycles. The van der Waals surface area contributed by atoms with Gasteiger partial charge in [-0.2, -0.15) is 8.78 Å². The Morgan fingerprint density at radius 1 is 1.12 bits per heavy atom. The average Bonchev–Trinajstić information content (AvgIpc) is 2.63. The topological polar surface area (TPSA) is 47.0 Å². The minimum absolute atomic E-state index is 0.138. The van der Waals surface area contributed by atoms with E-state index < -0.39 is 6.61 Å². The summed E-state index contributed by atoms with van der Waals surface area (Å²) >= 11 is 0. The molecule has 1 heterocycles. The molecular formula is C19H23F2N3O. The average molecular weight is 347 g/mol. The molecule has 1 saturated carbocycles. The van der Waals surface area contributed by atoms with Gasteiger partial charge in [0.2, 0.25) is 5.95 Å². The summed E-state index contributed by atoms with van der Waals surface area (Å²) in [6.45, 7) is -0.564. The second-order valence-electron chi connectivity index (χ2n) is 6.44. The Kier molecular flexibility index (Phi) is 5.79. The number of ether oxygens (including phenoxy) is 1. The molecule has 0 unspecified atom stereocenters. The van der Waals surface area contributed by atoms with Crippen molar-refractivity contribution < 1.29 is 13.5 Å². The van der Waals surface area contributed by atoms with Crippen LogP contribution in [-0.2, 0) is 0 Å². The van der Waals surface area contributed by atoms with Gasteiger partial charge in [-0.1, -0.05) is 13.3 Å². The Bertz CT molecular complexity index is 671. The lowest BCUT2D eigenvalue weighted by Crippen LogP contribution is -2.26. The summed E-state index contributed by atoms with van der Waals surface area (Å²) in [6.07, 6.45) is 7.76. The van der Waals surface area contributed by atoms with Crippen molar-refractivity contribution in [3.05, 3.63) is 36.5 Å². The van der Waals surface area contributed by atoms with Gasteiger partial charge in [0.1, 0.15) is 5.75 Å². The van der Waals surface area contributed by atoms with Crippen LogP contribution < -0.4 is 10.1 Å². The molecule has 2 aromatic rings. The molecule has 134 valence electrons. The van der Waals surface area contributed by atoms with E-state index in [1.54, 1.807) is 18.3 Å². The molecule has 1 aromatic carbocycles. The van der Waals surface area contributed by atoms with Crippen LogP contribution in [0.5, 0.6) is 5.75 Å². The Morgan fingerprint density at radius 3 is 2.48 bits per heavy atom. The number of rotatable bonds is 6. The minimum atomic E-state index is -2.82. The van der Waals surface area contributed by atoms with Crippen molar-refractivity contribution in [3.63, 3.8) is 0 Å². The number of benzene rings is 1. The summed E-state index contributed by atoms with van der Waals surface area (Å²) in [4.78, 5) is 8.86. The first kappa shape index (κ1) is 17.6. The molecule has 1 aliphatic rings. The number of aromatic nitrogens is 2. The third-order valence-electron chi connectivity index (χ3n) is 4.79. The highest BCUT2D eigenvalue weighted by molar-refractivity contribution is 5.61. The Labute approximate surface area is 146 Å². The molecule has 0 atom stereocenters. The van der Waals surface area contributed by atoms with Gasteiger partial charge in [-0.3, -0.25) is 0 Å². The molecule has 25 heavy (non-hydrogen) atoms. The monoisotopic (exact) mass is 347 g/mol. The van der Waals surface area contributed by atoms with E-state index in [-0.39, 0.29) is 5.75 Å². The third-order valence-corrected chi connectivity index (χ3v) is 4.79. The molecule has 0 spiro atoms. The summed E-state index contributed by atoms with van der Waals surface area (Å²) in [5.41, 5.74) is 1.59. The number of halogens is 2. The molecule has 6 heteroatoms. The van der Waals surface area contributed by atoms with Gasteiger partial charge in [0.15, 0.2) is 0 Å². The smallest absolute Gasteiger partial charge is 0.387 e. The molecular weight excluding hydrogens is 324 g/mol. The fourth-order valence-corrected chi connectivity index (χ4v) is 3.29. The maximum Gasteiger partial charge on any atom is 0.387 e. The largest absolute Gasteiger partial charge is 0.435 e.